The Morgan fingerprint density at radius 3 is 2.32 bits per heavy atom. The van der Waals surface area contributed by atoms with E-state index in [1.165, 1.54) is 6.92 Å². The Hall–Kier alpha value is -2.33. The molecular weight excluding hydrogens is 336 g/mol. The molecule has 0 aliphatic rings. The van der Waals surface area contributed by atoms with Crippen LogP contribution in [0.4, 0.5) is 11.4 Å². The number of nitrogens with zero attached hydrogens (tertiary/aromatic N) is 1. The molecule has 0 radical (unpaired) electrons. The van der Waals surface area contributed by atoms with Crippen molar-refractivity contribution in [3.05, 3.63) is 58.1 Å². The third-order valence-electron chi connectivity index (χ3n) is 3.98. The van der Waals surface area contributed by atoms with Gasteiger partial charge in [0.2, 0.25) is 11.8 Å². The quantitative estimate of drug-likeness (QED) is 0.845. The molecule has 4 nitrogen and oxygen atoms in total. The minimum atomic E-state index is -0.129. The summed E-state index contributed by atoms with van der Waals surface area (Å²) in [5.74, 6) is -0.250. The number of rotatable bonds is 5. The molecule has 132 valence electrons. The van der Waals surface area contributed by atoms with Crippen molar-refractivity contribution in [1.82, 2.24) is 0 Å². The maximum Gasteiger partial charge on any atom is 0.226 e. The summed E-state index contributed by atoms with van der Waals surface area (Å²) in [5.41, 5.74) is 4.52. The SMILES string of the molecule is CC(=O)N(CCC(=O)Nc1cc(C)cc(C)c1)c1cccc(Cl)c1C. The lowest BCUT2D eigenvalue weighted by atomic mass is 10.1. The van der Waals surface area contributed by atoms with Crippen LogP contribution < -0.4 is 10.2 Å². The number of hydrogen-bond donors (Lipinski definition) is 1. The number of benzene rings is 2. The molecular formula is C20H23ClN2O2. The summed E-state index contributed by atoms with van der Waals surface area (Å²) in [6, 6.07) is 11.3. The van der Waals surface area contributed by atoms with Gasteiger partial charge in [-0.15, -0.1) is 0 Å². The topological polar surface area (TPSA) is 49.4 Å². The Morgan fingerprint density at radius 1 is 1.08 bits per heavy atom. The zero-order valence-electron chi connectivity index (χ0n) is 15.0. The number of anilines is 2. The van der Waals surface area contributed by atoms with Gasteiger partial charge >= 0.3 is 0 Å². The van der Waals surface area contributed by atoms with Crippen LogP contribution >= 0.6 is 11.6 Å². The average molecular weight is 359 g/mol. The standard InChI is InChI=1S/C20H23ClN2O2/c1-13-10-14(2)12-17(11-13)22-20(25)8-9-23(16(4)24)19-7-5-6-18(21)15(19)3/h5-7,10-12H,8-9H2,1-4H3,(H,22,25). The summed E-state index contributed by atoms with van der Waals surface area (Å²) in [7, 11) is 0. The smallest absolute Gasteiger partial charge is 0.226 e. The number of hydrogen-bond acceptors (Lipinski definition) is 2. The van der Waals surface area contributed by atoms with Gasteiger partial charge in [-0.3, -0.25) is 9.59 Å². The summed E-state index contributed by atoms with van der Waals surface area (Å²) >= 11 is 6.14. The molecule has 5 heteroatoms. The van der Waals surface area contributed by atoms with Crippen molar-refractivity contribution in [3.63, 3.8) is 0 Å². The fourth-order valence-electron chi connectivity index (χ4n) is 2.82. The van der Waals surface area contributed by atoms with Crippen molar-refractivity contribution < 1.29 is 9.59 Å². The van der Waals surface area contributed by atoms with Crippen LogP contribution in [0.5, 0.6) is 0 Å². The molecule has 0 heterocycles. The van der Waals surface area contributed by atoms with Gasteiger partial charge in [-0.25, -0.2) is 0 Å². The lowest BCUT2D eigenvalue weighted by molar-refractivity contribution is -0.117. The van der Waals surface area contributed by atoms with Gasteiger partial charge in [-0.05, 0) is 61.7 Å². The molecule has 0 aliphatic heterocycles. The second kappa shape index (κ2) is 8.17. The van der Waals surface area contributed by atoms with Crippen molar-refractivity contribution in [3.8, 4) is 0 Å². The van der Waals surface area contributed by atoms with E-state index < -0.39 is 0 Å². The Balaban J connectivity index is 2.07. The van der Waals surface area contributed by atoms with Crippen molar-refractivity contribution in [2.45, 2.75) is 34.1 Å². The Kier molecular flexibility index (Phi) is 6.21. The van der Waals surface area contributed by atoms with Crippen LogP contribution in [0, 0.1) is 20.8 Å². The molecule has 25 heavy (non-hydrogen) atoms. The van der Waals surface area contributed by atoms with E-state index in [1.54, 1.807) is 17.0 Å². The largest absolute Gasteiger partial charge is 0.326 e. The first-order valence-electron chi connectivity index (χ1n) is 8.19. The Labute approximate surface area is 153 Å². The number of nitrogens with one attached hydrogen (secondary N) is 1. The fraction of sp³-hybridized carbons (Fsp3) is 0.300. The number of halogens is 1. The van der Waals surface area contributed by atoms with E-state index in [4.69, 9.17) is 11.6 Å². The molecule has 0 fully saturated rings. The van der Waals surface area contributed by atoms with E-state index in [9.17, 15) is 9.59 Å². The maximum atomic E-state index is 12.3. The van der Waals surface area contributed by atoms with Gasteiger partial charge in [0.25, 0.3) is 0 Å². The molecule has 0 aromatic heterocycles. The molecule has 0 atom stereocenters. The number of amides is 2. The highest BCUT2D eigenvalue weighted by Crippen LogP contribution is 2.27. The maximum absolute atomic E-state index is 12.3. The molecule has 0 bridgehead atoms. The zero-order chi connectivity index (χ0) is 18.6. The van der Waals surface area contributed by atoms with Crippen molar-refractivity contribution in [2.75, 3.05) is 16.8 Å². The lowest BCUT2D eigenvalue weighted by Crippen LogP contribution is -2.32. The molecule has 2 aromatic rings. The third-order valence-corrected chi connectivity index (χ3v) is 4.39. The lowest BCUT2D eigenvalue weighted by Gasteiger charge is -2.23. The predicted octanol–water partition coefficient (Wildman–Crippen LogP) is 4.65. The highest BCUT2D eigenvalue weighted by atomic mass is 35.5. The minimum Gasteiger partial charge on any atom is -0.326 e. The third kappa shape index (κ3) is 5.07. The summed E-state index contributed by atoms with van der Waals surface area (Å²) in [4.78, 5) is 25.9. The van der Waals surface area contributed by atoms with Crippen LogP contribution in [0.3, 0.4) is 0 Å². The van der Waals surface area contributed by atoms with Crippen LogP contribution in [-0.2, 0) is 9.59 Å². The number of carbonyl (C=O) groups excluding carboxylic acids is 2. The summed E-state index contributed by atoms with van der Waals surface area (Å²) in [6.45, 7) is 7.63. The average Bonchev–Trinajstić information content (AvgIpc) is 2.50. The van der Waals surface area contributed by atoms with Gasteiger partial charge in [0.05, 0.1) is 0 Å². The van der Waals surface area contributed by atoms with E-state index in [-0.39, 0.29) is 18.2 Å². The summed E-state index contributed by atoms with van der Waals surface area (Å²) in [6.07, 6.45) is 0.207. The summed E-state index contributed by atoms with van der Waals surface area (Å²) in [5, 5.41) is 3.49. The van der Waals surface area contributed by atoms with E-state index >= 15 is 0 Å². The van der Waals surface area contributed by atoms with Crippen molar-refractivity contribution in [1.29, 1.82) is 0 Å². The molecule has 2 aromatic carbocycles. The Bertz CT molecular complexity index is 782. The van der Waals surface area contributed by atoms with Crippen LogP contribution in [0.1, 0.15) is 30.0 Å². The van der Waals surface area contributed by atoms with Gasteiger partial charge < -0.3 is 10.2 Å². The highest BCUT2D eigenvalue weighted by molar-refractivity contribution is 6.31. The first-order valence-corrected chi connectivity index (χ1v) is 8.57. The summed E-state index contributed by atoms with van der Waals surface area (Å²) < 4.78 is 0. The second-order valence-corrected chi connectivity index (χ2v) is 6.64. The highest BCUT2D eigenvalue weighted by Gasteiger charge is 2.16. The van der Waals surface area contributed by atoms with Crippen LogP contribution in [0.25, 0.3) is 0 Å². The first kappa shape index (κ1) is 19.0. The predicted molar refractivity (Wildman–Crippen MR) is 103 cm³/mol. The van der Waals surface area contributed by atoms with Crippen molar-refractivity contribution >= 4 is 34.8 Å². The van der Waals surface area contributed by atoms with Crippen LogP contribution in [-0.4, -0.2) is 18.4 Å². The molecule has 2 rings (SSSR count). The van der Waals surface area contributed by atoms with Crippen LogP contribution in [0.2, 0.25) is 5.02 Å². The Morgan fingerprint density at radius 2 is 1.72 bits per heavy atom. The number of aryl methyl sites for hydroxylation is 2. The molecule has 0 spiro atoms. The number of carbonyl (C=O) groups is 2. The van der Waals surface area contributed by atoms with Crippen LogP contribution in [0.15, 0.2) is 36.4 Å². The molecule has 2 amide bonds. The first-order chi connectivity index (χ1) is 11.8. The molecule has 1 N–H and O–H groups in total. The van der Waals surface area contributed by atoms with Gasteiger partial charge in [0.15, 0.2) is 0 Å². The minimum absolute atomic E-state index is 0.121. The normalized spacial score (nSPS) is 10.4. The molecule has 0 saturated carbocycles. The van der Waals surface area contributed by atoms with Gasteiger partial charge in [0.1, 0.15) is 0 Å². The molecule has 0 aliphatic carbocycles. The van der Waals surface area contributed by atoms with E-state index in [0.717, 1.165) is 28.1 Å². The van der Waals surface area contributed by atoms with E-state index in [2.05, 4.69) is 11.4 Å². The molecule has 0 unspecified atom stereocenters. The zero-order valence-corrected chi connectivity index (χ0v) is 15.8. The van der Waals surface area contributed by atoms with E-state index in [0.29, 0.717) is 11.6 Å². The second-order valence-electron chi connectivity index (χ2n) is 6.23. The van der Waals surface area contributed by atoms with Gasteiger partial charge in [-0.1, -0.05) is 23.7 Å². The van der Waals surface area contributed by atoms with Gasteiger partial charge in [0, 0.05) is 36.3 Å². The molecule has 0 saturated heterocycles. The fourth-order valence-corrected chi connectivity index (χ4v) is 2.99. The van der Waals surface area contributed by atoms with Gasteiger partial charge in [-0.2, -0.15) is 0 Å². The van der Waals surface area contributed by atoms with Crippen molar-refractivity contribution in [2.24, 2.45) is 0 Å². The monoisotopic (exact) mass is 358 g/mol. The van der Waals surface area contributed by atoms with E-state index in [1.807, 2.05) is 39.0 Å².